The second-order valence-corrected chi connectivity index (χ2v) is 12.9. The van der Waals surface area contributed by atoms with Crippen molar-refractivity contribution < 1.29 is 0 Å². The highest BCUT2D eigenvalue weighted by Crippen LogP contribution is 2.38. The van der Waals surface area contributed by atoms with E-state index in [1.54, 1.807) is 0 Å². The van der Waals surface area contributed by atoms with Gasteiger partial charge in [-0.1, -0.05) is 121 Å². The SMILES string of the molecule is c1ccc(-c2cccc(-n3c4ccccc4c4ccc(-c5ccc6c7ncccc7n(-c7cccc(-c8ccccc8)c7)c6c5)cc43)c2)cc1. The summed E-state index contributed by atoms with van der Waals surface area (Å²) in [5.41, 5.74) is 15.0. The molecule has 0 fully saturated rings. The number of pyridine rings is 1. The Bertz CT molecular complexity index is 2660. The van der Waals surface area contributed by atoms with Gasteiger partial charge < -0.3 is 9.13 Å². The zero-order chi connectivity index (χ0) is 33.0. The quantitative estimate of drug-likeness (QED) is 0.184. The zero-order valence-corrected chi connectivity index (χ0v) is 27.2. The van der Waals surface area contributed by atoms with Crippen LogP contribution >= 0.6 is 0 Å². The Morgan fingerprint density at radius 1 is 0.300 bits per heavy atom. The molecule has 0 aliphatic heterocycles. The average Bonchev–Trinajstić information content (AvgIpc) is 3.71. The Kier molecular flexibility index (Phi) is 6.49. The van der Waals surface area contributed by atoms with Gasteiger partial charge in [-0.05, 0) is 94.0 Å². The van der Waals surface area contributed by atoms with E-state index in [0.717, 1.165) is 38.9 Å². The van der Waals surface area contributed by atoms with Gasteiger partial charge in [0, 0.05) is 33.7 Å². The highest BCUT2D eigenvalue weighted by molar-refractivity contribution is 6.11. The highest BCUT2D eigenvalue weighted by Gasteiger charge is 2.17. The molecule has 50 heavy (non-hydrogen) atoms. The maximum atomic E-state index is 4.85. The lowest BCUT2D eigenvalue weighted by Gasteiger charge is -2.12. The number of benzene rings is 7. The number of fused-ring (bicyclic) bond motifs is 6. The fourth-order valence-electron chi connectivity index (χ4n) is 7.63. The van der Waals surface area contributed by atoms with Gasteiger partial charge in [0.05, 0.1) is 27.6 Å². The van der Waals surface area contributed by atoms with Crippen LogP contribution in [0.2, 0.25) is 0 Å². The largest absolute Gasteiger partial charge is 0.309 e. The molecule has 234 valence electrons. The van der Waals surface area contributed by atoms with E-state index in [1.807, 2.05) is 12.3 Å². The van der Waals surface area contributed by atoms with Crippen LogP contribution in [0.1, 0.15) is 0 Å². The molecule has 3 heterocycles. The molecule has 10 rings (SSSR count). The third-order valence-electron chi connectivity index (χ3n) is 9.95. The maximum Gasteiger partial charge on any atom is 0.0963 e. The summed E-state index contributed by atoms with van der Waals surface area (Å²) < 4.78 is 4.77. The fourth-order valence-corrected chi connectivity index (χ4v) is 7.63. The van der Waals surface area contributed by atoms with Crippen molar-refractivity contribution in [2.45, 2.75) is 0 Å². The molecule has 0 atom stereocenters. The Balaban J connectivity index is 1.17. The number of hydrogen-bond donors (Lipinski definition) is 0. The molecule has 3 nitrogen and oxygen atoms in total. The van der Waals surface area contributed by atoms with Crippen LogP contribution in [0.25, 0.3) is 88.5 Å². The summed E-state index contributed by atoms with van der Waals surface area (Å²) >= 11 is 0. The first-order valence-electron chi connectivity index (χ1n) is 17.0. The first-order valence-corrected chi connectivity index (χ1v) is 17.0. The monoisotopic (exact) mass is 637 g/mol. The van der Waals surface area contributed by atoms with Crippen molar-refractivity contribution >= 4 is 43.7 Å². The summed E-state index contributed by atoms with van der Waals surface area (Å²) in [4.78, 5) is 4.85. The third kappa shape index (κ3) is 4.56. The smallest absolute Gasteiger partial charge is 0.0963 e. The Hall–Kier alpha value is -6.71. The van der Waals surface area contributed by atoms with Crippen molar-refractivity contribution in [3.8, 4) is 44.8 Å². The van der Waals surface area contributed by atoms with Crippen molar-refractivity contribution in [3.05, 3.63) is 188 Å². The fraction of sp³-hybridized carbons (Fsp3) is 0. The van der Waals surface area contributed by atoms with Crippen LogP contribution in [0.15, 0.2) is 188 Å². The second kappa shape index (κ2) is 11.5. The Labute approximate surface area is 290 Å². The molecule has 3 heteroatoms. The minimum Gasteiger partial charge on any atom is -0.309 e. The molecule has 0 saturated carbocycles. The topological polar surface area (TPSA) is 22.8 Å². The van der Waals surface area contributed by atoms with E-state index in [4.69, 9.17) is 4.98 Å². The van der Waals surface area contributed by atoms with Crippen molar-refractivity contribution in [1.82, 2.24) is 14.1 Å². The van der Waals surface area contributed by atoms with E-state index in [0.29, 0.717) is 0 Å². The molecule has 0 aliphatic carbocycles. The maximum absolute atomic E-state index is 4.85. The average molecular weight is 638 g/mol. The van der Waals surface area contributed by atoms with E-state index in [9.17, 15) is 0 Å². The number of rotatable bonds is 5. The van der Waals surface area contributed by atoms with Gasteiger partial charge in [0.2, 0.25) is 0 Å². The molecule has 0 bridgehead atoms. The first kappa shape index (κ1) is 28.3. The molecular formula is C47H31N3. The first-order chi connectivity index (χ1) is 24.8. The molecule has 0 saturated heterocycles. The van der Waals surface area contributed by atoms with Crippen molar-refractivity contribution in [3.63, 3.8) is 0 Å². The normalized spacial score (nSPS) is 11.6. The highest BCUT2D eigenvalue weighted by atomic mass is 15.0. The van der Waals surface area contributed by atoms with Crippen molar-refractivity contribution in [2.75, 3.05) is 0 Å². The van der Waals surface area contributed by atoms with Gasteiger partial charge in [-0.2, -0.15) is 0 Å². The summed E-state index contributed by atoms with van der Waals surface area (Å²) in [6.45, 7) is 0. The van der Waals surface area contributed by atoms with Gasteiger partial charge in [-0.15, -0.1) is 0 Å². The number of nitrogens with zero attached hydrogens (tertiary/aromatic N) is 3. The minimum atomic E-state index is 1.01. The second-order valence-electron chi connectivity index (χ2n) is 12.9. The Morgan fingerprint density at radius 3 is 1.44 bits per heavy atom. The van der Waals surface area contributed by atoms with Gasteiger partial charge in [-0.3, -0.25) is 4.98 Å². The molecule has 3 aromatic heterocycles. The third-order valence-corrected chi connectivity index (χ3v) is 9.95. The van der Waals surface area contributed by atoms with Crippen LogP contribution in [0.3, 0.4) is 0 Å². The molecule has 0 spiro atoms. The number of hydrogen-bond acceptors (Lipinski definition) is 1. The molecule has 10 aromatic rings. The van der Waals surface area contributed by atoms with Crippen LogP contribution in [-0.4, -0.2) is 14.1 Å². The lowest BCUT2D eigenvalue weighted by atomic mass is 10.0. The predicted octanol–water partition coefficient (Wildman–Crippen LogP) is 12.3. The lowest BCUT2D eigenvalue weighted by molar-refractivity contribution is 1.17. The summed E-state index contributed by atoms with van der Waals surface area (Å²) in [6, 6.07) is 65.5. The zero-order valence-electron chi connectivity index (χ0n) is 27.2. The molecule has 0 N–H and O–H groups in total. The molecule has 0 radical (unpaired) electrons. The molecular weight excluding hydrogens is 607 g/mol. The van der Waals surface area contributed by atoms with Crippen LogP contribution in [0, 0.1) is 0 Å². The molecule has 0 unspecified atom stereocenters. The van der Waals surface area contributed by atoms with Crippen molar-refractivity contribution in [1.29, 1.82) is 0 Å². The van der Waals surface area contributed by atoms with Crippen LogP contribution in [0.5, 0.6) is 0 Å². The number of para-hydroxylation sites is 1. The van der Waals surface area contributed by atoms with E-state index in [1.165, 1.54) is 49.6 Å². The van der Waals surface area contributed by atoms with Crippen molar-refractivity contribution in [2.24, 2.45) is 0 Å². The molecule has 7 aromatic carbocycles. The van der Waals surface area contributed by atoms with Gasteiger partial charge in [-0.25, -0.2) is 0 Å². The van der Waals surface area contributed by atoms with Crippen LogP contribution in [-0.2, 0) is 0 Å². The van der Waals surface area contributed by atoms with Crippen LogP contribution in [0.4, 0.5) is 0 Å². The summed E-state index contributed by atoms with van der Waals surface area (Å²) in [7, 11) is 0. The van der Waals surface area contributed by atoms with Gasteiger partial charge in [0.25, 0.3) is 0 Å². The van der Waals surface area contributed by atoms with E-state index >= 15 is 0 Å². The lowest BCUT2D eigenvalue weighted by Crippen LogP contribution is -1.95. The minimum absolute atomic E-state index is 1.01. The Morgan fingerprint density at radius 2 is 0.780 bits per heavy atom. The summed E-state index contributed by atoms with van der Waals surface area (Å²) in [6.07, 6.45) is 1.89. The standard InChI is InChI=1S/C47H31N3/c1-3-12-32(13-4-1)34-16-9-18-38(28-34)49-43-21-8-7-20-40(43)41-25-23-36(30-45(41)49)37-24-26-42-46(31-37)50(44-22-11-27-48-47(42)44)39-19-10-17-35(29-39)33-14-5-2-6-15-33/h1-31H. The summed E-state index contributed by atoms with van der Waals surface area (Å²) in [5.74, 6) is 0. The van der Waals surface area contributed by atoms with Gasteiger partial charge in [0.15, 0.2) is 0 Å². The molecule has 0 amide bonds. The van der Waals surface area contributed by atoms with Gasteiger partial charge in [0.1, 0.15) is 0 Å². The number of aromatic nitrogens is 3. The van der Waals surface area contributed by atoms with E-state index in [2.05, 4.69) is 185 Å². The van der Waals surface area contributed by atoms with E-state index in [-0.39, 0.29) is 0 Å². The summed E-state index contributed by atoms with van der Waals surface area (Å²) in [5, 5.41) is 3.63. The molecule has 0 aliphatic rings. The van der Waals surface area contributed by atoms with E-state index < -0.39 is 0 Å². The van der Waals surface area contributed by atoms with Crippen LogP contribution < -0.4 is 0 Å². The van der Waals surface area contributed by atoms with Gasteiger partial charge >= 0.3 is 0 Å². The predicted molar refractivity (Wildman–Crippen MR) is 209 cm³/mol.